The van der Waals surface area contributed by atoms with Crippen LogP contribution in [0.1, 0.15) is 82.1 Å². The topological polar surface area (TPSA) is 139 Å². The van der Waals surface area contributed by atoms with Crippen LogP contribution in [0, 0.1) is 5.41 Å². The first-order valence-electron chi connectivity index (χ1n) is 19.7. The molecule has 0 saturated carbocycles. The van der Waals surface area contributed by atoms with Gasteiger partial charge in [-0.1, -0.05) is 86.2 Å². The molecule has 2 heterocycles. The normalized spacial score (nSPS) is 11.5. The number of halogens is 8. The third kappa shape index (κ3) is 12.4. The number of benzene rings is 4. The van der Waals surface area contributed by atoms with E-state index in [1.54, 1.807) is 36.4 Å². The zero-order valence-corrected chi connectivity index (χ0v) is 40.1. The summed E-state index contributed by atoms with van der Waals surface area (Å²) in [5.74, 6) is 1.06. The number of nitrogens with two attached hydrogens (primary N) is 1. The van der Waals surface area contributed by atoms with E-state index in [-0.39, 0.29) is 54.9 Å². The molecule has 10 nitrogen and oxygen atoms in total. The molecule has 0 spiro atoms. The van der Waals surface area contributed by atoms with Crippen LogP contribution < -0.4 is 15.2 Å². The summed E-state index contributed by atoms with van der Waals surface area (Å²) >= 11 is 25.4. The second-order valence-electron chi connectivity index (χ2n) is 15.6. The second kappa shape index (κ2) is 22.0. The Hall–Kier alpha value is -4.63. The number of ether oxygens (including phenoxy) is 2. The van der Waals surface area contributed by atoms with Gasteiger partial charge in [0.25, 0.3) is 0 Å². The highest BCUT2D eigenvalue weighted by Crippen LogP contribution is 2.40. The van der Waals surface area contributed by atoms with Crippen LogP contribution in [-0.4, -0.2) is 56.1 Å². The van der Waals surface area contributed by atoms with E-state index in [4.69, 9.17) is 61.6 Å². The molecule has 0 radical (unpaired) electrons. The van der Waals surface area contributed by atoms with Gasteiger partial charge in [-0.2, -0.15) is 33.1 Å². The lowest BCUT2D eigenvalue weighted by Crippen LogP contribution is -2.39. The van der Waals surface area contributed by atoms with Crippen LogP contribution in [0.15, 0.2) is 72.8 Å². The summed E-state index contributed by atoms with van der Waals surface area (Å²) < 4.78 is 50.2. The third-order valence-corrected chi connectivity index (χ3v) is 11.5. The summed E-state index contributed by atoms with van der Waals surface area (Å²) in [6.45, 7) is 10.4. The van der Waals surface area contributed by atoms with Gasteiger partial charge >= 0.3 is 18.2 Å². The fourth-order valence-corrected chi connectivity index (χ4v) is 7.22. The molecule has 6 aromatic rings. The number of hydrogen-bond acceptors (Lipinski definition) is 10. The Morgan fingerprint density at radius 2 is 1.00 bits per heavy atom. The minimum Gasteiger partial charge on any atom is -0.467 e. The maximum absolute atomic E-state index is 13.2. The smallest absolute Gasteiger partial charge is 0.400 e. The van der Waals surface area contributed by atoms with E-state index in [1.807, 2.05) is 50.2 Å². The number of carbonyl (C=O) groups is 1. The zero-order chi connectivity index (χ0) is 46.4. The summed E-state index contributed by atoms with van der Waals surface area (Å²) in [5.41, 5.74) is 9.50. The van der Waals surface area contributed by atoms with Gasteiger partial charge in [-0.25, -0.2) is 9.97 Å². The second-order valence-corrected chi connectivity index (χ2v) is 17.2. The molecule has 64 heavy (non-hydrogen) atoms. The molecule has 18 heteroatoms. The Labute approximate surface area is 396 Å². The van der Waals surface area contributed by atoms with E-state index in [0.29, 0.717) is 66.4 Å². The van der Waals surface area contributed by atoms with Crippen LogP contribution in [0.3, 0.4) is 0 Å². The van der Waals surface area contributed by atoms with E-state index in [0.717, 1.165) is 36.1 Å². The van der Waals surface area contributed by atoms with Gasteiger partial charge < -0.3 is 15.2 Å². The van der Waals surface area contributed by atoms with Gasteiger partial charge in [0.1, 0.15) is 11.2 Å². The van der Waals surface area contributed by atoms with Crippen LogP contribution in [0.5, 0.6) is 12.0 Å². The van der Waals surface area contributed by atoms with Crippen LogP contribution in [0.25, 0.3) is 45.6 Å². The Morgan fingerprint density at radius 3 is 1.39 bits per heavy atom. The molecule has 0 bridgehead atoms. The first-order chi connectivity index (χ1) is 29.7. The molecule has 340 valence electrons. The maximum Gasteiger partial charge on any atom is 0.400 e. The lowest BCUT2D eigenvalue weighted by atomic mass is 9.84. The zero-order valence-electron chi connectivity index (χ0n) is 36.2. The minimum atomic E-state index is -4.62. The quantitative estimate of drug-likeness (QED) is 0.119. The predicted molar refractivity (Wildman–Crippen MR) is 251 cm³/mol. The maximum atomic E-state index is 13.2. The Kier molecular flexibility index (Phi) is 17.9. The van der Waals surface area contributed by atoms with Crippen LogP contribution >= 0.6 is 58.8 Å². The van der Waals surface area contributed by atoms with Gasteiger partial charge in [-0.05, 0) is 115 Å². The number of alkyl halides is 3. The van der Waals surface area contributed by atoms with Crippen molar-refractivity contribution in [3.63, 3.8) is 0 Å². The lowest BCUT2D eigenvalue weighted by Gasteiger charge is -2.26. The van der Waals surface area contributed by atoms with Crippen LogP contribution in [0.2, 0.25) is 20.1 Å². The summed E-state index contributed by atoms with van der Waals surface area (Å²) in [6, 6.07) is 21.9. The summed E-state index contributed by atoms with van der Waals surface area (Å²) in [7, 11) is 2.94. The van der Waals surface area contributed by atoms with E-state index in [1.165, 1.54) is 14.2 Å². The highest BCUT2D eigenvalue weighted by atomic mass is 35.5. The SMILES string of the molecule is COc1nc(-c2ccc(Cl)c(C(C)C)c2)nc(-c2cc(CCC(=O)C(C)(C)C(F)(F)F)ccc2Cl)n1.COc1nc(-c2ccc(Cl)c(C(C)C)c2)nc(-c2cc(CN)ccc2Cl)n1.Cl. The van der Waals surface area contributed by atoms with Gasteiger partial charge in [0.2, 0.25) is 0 Å². The van der Waals surface area contributed by atoms with Crippen molar-refractivity contribution in [1.82, 2.24) is 29.9 Å². The van der Waals surface area contributed by atoms with Crippen molar-refractivity contribution in [2.24, 2.45) is 11.1 Å². The summed E-state index contributed by atoms with van der Waals surface area (Å²) in [4.78, 5) is 38.9. The largest absolute Gasteiger partial charge is 0.467 e. The van der Waals surface area contributed by atoms with Crippen molar-refractivity contribution in [2.45, 2.75) is 78.9 Å². The van der Waals surface area contributed by atoms with Crippen molar-refractivity contribution < 1.29 is 27.4 Å². The Balaban J connectivity index is 0.000000287. The number of hydrogen-bond donors (Lipinski definition) is 1. The number of methoxy groups -OCH3 is 2. The van der Waals surface area contributed by atoms with Gasteiger partial charge in [0, 0.05) is 45.3 Å². The van der Waals surface area contributed by atoms with E-state index in [2.05, 4.69) is 43.8 Å². The first-order valence-corrected chi connectivity index (χ1v) is 21.3. The number of aromatic nitrogens is 6. The molecular weight excluding hydrogens is 933 g/mol. The first kappa shape index (κ1) is 52.0. The molecule has 0 aliphatic heterocycles. The number of ketones is 1. The molecule has 6 rings (SSSR count). The molecule has 0 aliphatic rings. The number of carbonyl (C=O) groups excluding carboxylic acids is 1. The standard InChI is InChI=1S/C26H26Cl2F3N3O2.C20H20Cl2N4O.ClH/c1-14(2)17-13-16(8-10-19(17)27)22-32-23(34-24(33-22)36-5)18-12-15(6-9-20(18)28)7-11-21(35)25(3,4)26(29,30)31;1-11(2)14-9-13(5-7-16(14)21)18-24-19(26-20(25-18)27-3)15-8-12(10-23)4-6-17(15)22;/h6,8-10,12-14H,7,11H2,1-5H3;4-9,11H,10,23H2,1-3H3;1H. The van der Waals surface area contributed by atoms with Gasteiger partial charge in [0.15, 0.2) is 23.3 Å². The molecule has 4 aromatic carbocycles. The van der Waals surface area contributed by atoms with Crippen molar-refractivity contribution in [2.75, 3.05) is 14.2 Å². The molecule has 2 N–H and O–H groups in total. The van der Waals surface area contributed by atoms with E-state index < -0.39 is 17.4 Å². The van der Waals surface area contributed by atoms with E-state index in [9.17, 15) is 18.0 Å². The van der Waals surface area contributed by atoms with Crippen molar-refractivity contribution in [1.29, 1.82) is 0 Å². The molecule has 2 aromatic heterocycles. The summed E-state index contributed by atoms with van der Waals surface area (Å²) in [6.07, 6.45) is -4.79. The van der Waals surface area contributed by atoms with Crippen LogP contribution in [-0.2, 0) is 17.8 Å². The van der Waals surface area contributed by atoms with Crippen molar-refractivity contribution in [3.8, 4) is 57.6 Å². The molecule has 0 fully saturated rings. The molecule has 0 atom stereocenters. The molecule has 0 amide bonds. The Bertz CT molecular complexity index is 2610. The molecule has 0 aliphatic carbocycles. The molecular formula is C46H47Cl5F3N7O3. The highest BCUT2D eigenvalue weighted by Gasteiger charge is 2.51. The number of Topliss-reactive ketones (excluding diaryl/α,β-unsaturated/α-hetero) is 1. The monoisotopic (exact) mass is 977 g/mol. The lowest BCUT2D eigenvalue weighted by molar-refractivity contribution is -0.210. The van der Waals surface area contributed by atoms with Crippen molar-refractivity contribution in [3.05, 3.63) is 115 Å². The molecule has 0 saturated heterocycles. The molecule has 0 unspecified atom stereocenters. The fourth-order valence-electron chi connectivity index (χ4n) is 6.14. The van der Waals surface area contributed by atoms with Crippen molar-refractivity contribution >= 4 is 64.6 Å². The van der Waals surface area contributed by atoms with Gasteiger partial charge in [-0.15, -0.1) is 12.4 Å². The van der Waals surface area contributed by atoms with Gasteiger partial charge in [-0.3, -0.25) is 4.79 Å². The average molecular weight is 980 g/mol. The fraction of sp³-hybridized carbons (Fsp3) is 0.326. The number of nitrogens with zero attached hydrogens (tertiary/aromatic N) is 6. The van der Waals surface area contributed by atoms with E-state index >= 15 is 0 Å². The van der Waals surface area contributed by atoms with Crippen LogP contribution in [0.4, 0.5) is 13.2 Å². The minimum absolute atomic E-state index is 0. The summed E-state index contributed by atoms with van der Waals surface area (Å²) in [5, 5.41) is 2.21. The number of rotatable bonds is 13. The highest BCUT2D eigenvalue weighted by molar-refractivity contribution is 6.33. The number of aryl methyl sites for hydroxylation is 1. The van der Waals surface area contributed by atoms with Gasteiger partial charge in [0.05, 0.1) is 24.3 Å². The predicted octanol–water partition coefficient (Wildman–Crippen LogP) is 13.3. The average Bonchev–Trinajstić information content (AvgIpc) is 3.25. The third-order valence-electron chi connectivity index (χ3n) is 10.2. The Morgan fingerprint density at radius 1 is 0.609 bits per heavy atom.